The Morgan fingerprint density at radius 1 is 1.00 bits per heavy atom. The van der Waals surface area contributed by atoms with Crippen molar-refractivity contribution in [3.8, 4) is 0 Å². The topological polar surface area (TPSA) is 66.9 Å². The summed E-state index contributed by atoms with van der Waals surface area (Å²) in [6.07, 6.45) is 2.98. The van der Waals surface area contributed by atoms with Crippen molar-refractivity contribution in [2.24, 2.45) is 0 Å². The van der Waals surface area contributed by atoms with Crippen molar-refractivity contribution in [3.63, 3.8) is 0 Å². The Morgan fingerprint density at radius 2 is 1.73 bits per heavy atom. The Bertz CT molecular complexity index is 955. The molecule has 0 unspecified atom stereocenters. The molecule has 132 valence electrons. The number of aryl methyl sites for hydroxylation is 2. The van der Waals surface area contributed by atoms with Gasteiger partial charge in [-0.05, 0) is 61.7 Å². The van der Waals surface area contributed by atoms with Crippen molar-refractivity contribution in [1.29, 1.82) is 0 Å². The standard InChI is InChI=1S/C20H19ClN4O/c1-12-7-8-16(9-13(12)2)24-19(26)15-10-22-20(23-11-15)25-18-6-4-5-17(21)14(18)3/h4-11H,1-3H3,(H,24,26)(H,22,23,25). The van der Waals surface area contributed by atoms with Crippen LogP contribution in [0.5, 0.6) is 0 Å². The molecular formula is C20H19ClN4O. The molecule has 0 saturated heterocycles. The van der Waals surface area contributed by atoms with E-state index >= 15 is 0 Å². The highest BCUT2D eigenvalue weighted by atomic mass is 35.5. The molecule has 3 aromatic rings. The third-order valence-electron chi connectivity index (χ3n) is 4.19. The number of nitrogens with zero attached hydrogens (tertiary/aromatic N) is 2. The fourth-order valence-electron chi connectivity index (χ4n) is 2.40. The second-order valence-corrected chi connectivity index (χ2v) is 6.49. The van der Waals surface area contributed by atoms with Gasteiger partial charge in [-0.15, -0.1) is 0 Å². The molecule has 0 aliphatic rings. The maximum absolute atomic E-state index is 12.3. The third-order valence-corrected chi connectivity index (χ3v) is 4.60. The maximum Gasteiger partial charge on any atom is 0.258 e. The lowest BCUT2D eigenvalue weighted by molar-refractivity contribution is 0.102. The number of amides is 1. The van der Waals surface area contributed by atoms with E-state index in [1.54, 1.807) is 0 Å². The molecule has 0 atom stereocenters. The average Bonchev–Trinajstić information content (AvgIpc) is 2.63. The van der Waals surface area contributed by atoms with Crippen LogP contribution in [-0.4, -0.2) is 15.9 Å². The van der Waals surface area contributed by atoms with Crippen LogP contribution in [0.15, 0.2) is 48.8 Å². The van der Waals surface area contributed by atoms with E-state index in [1.807, 2.05) is 57.2 Å². The van der Waals surface area contributed by atoms with E-state index in [4.69, 9.17) is 11.6 Å². The zero-order valence-corrected chi connectivity index (χ0v) is 15.6. The first kappa shape index (κ1) is 17.9. The summed E-state index contributed by atoms with van der Waals surface area (Å²) in [5.41, 5.74) is 5.17. The summed E-state index contributed by atoms with van der Waals surface area (Å²) in [4.78, 5) is 20.8. The third kappa shape index (κ3) is 4.00. The predicted molar refractivity (Wildman–Crippen MR) is 105 cm³/mol. The van der Waals surface area contributed by atoms with Crippen molar-refractivity contribution < 1.29 is 4.79 Å². The summed E-state index contributed by atoms with van der Waals surface area (Å²) in [5.74, 6) is 0.150. The fourth-order valence-corrected chi connectivity index (χ4v) is 2.57. The van der Waals surface area contributed by atoms with E-state index < -0.39 is 0 Å². The first-order valence-electron chi connectivity index (χ1n) is 8.17. The molecule has 2 N–H and O–H groups in total. The second kappa shape index (κ2) is 7.54. The average molecular weight is 367 g/mol. The predicted octanol–water partition coefficient (Wildman–Crippen LogP) is 5.05. The van der Waals surface area contributed by atoms with Gasteiger partial charge in [0.25, 0.3) is 5.91 Å². The van der Waals surface area contributed by atoms with Crippen molar-refractivity contribution in [2.45, 2.75) is 20.8 Å². The number of benzene rings is 2. The number of aromatic nitrogens is 2. The highest BCUT2D eigenvalue weighted by molar-refractivity contribution is 6.31. The second-order valence-electron chi connectivity index (χ2n) is 6.09. The number of hydrogen-bond donors (Lipinski definition) is 2. The van der Waals surface area contributed by atoms with Crippen LogP contribution in [0, 0.1) is 20.8 Å². The zero-order valence-electron chi connectivity index (χ0n) is 14.8. The van der Waals surface area contributed by atoms with Gasteiger partial charge in [0, 0.05) is 28.8 Å². The van der Waals surface area contributed by atoms with Gasteiger partial charge >= 0.3 is 0 Å². The van der Waals surface area contributed by atoms with Gasteiger partial charge in [0.2, 0.25) is 5.95 Å². The fraction of sp³-hybridized carbons (Fsp3) is 0.150. The summed E-state index contributed by atoms with van der Waals surface area (Å²) < 4.78 is 0. The van der Waals surface area contributed by atoms with Gasteiger partial charge in [0.1, 0.15) is 0 Å². The minimum absolute atomic E-state index is 0.251. The van der Waals surface area contributed by atoms with Crippen molar-refractivity contribution in [1.82, 2.24) is 9.97 Å². The Balaban J connectivity index is 1.71. The molecule has 0 radical (unpaired) electrons. The van der Waals surface area contributed by atoms with E-state index in [2.05, 4.69) is 20.6 Å². The molecule has 3 rings (SSSR count). The SMILES string of the molecule is Cc1ccc(NC(=O)c2cnc(Nc3cccc(Cl)c3C)nc2)cc1C. The number of rotatable bonds is 4. The maximum atomic E-state index is 12.3. The lowest BCUT2D eigenvalue weighted by Gasteiger charge is -2.10. The van der Waals surface area contributed by atoms with E-state index in [9.17, 15) is 4.79 Å². The summed E-state index contributed by atoms with van der Waals surface area (Å²) in [6.45, 7) is 5.95. The molecule has 6 heteroatoms. The lowest BCUT2D eigenvalue weighted by Crippen LogP contribution is -2.13. The van der Waals surface area contributed by atoms with E-state index in [-0.39, 0.29) is 5.91 Å². The molecule has 1 aromatic heterocycles. The normalized spacial score (nSPS) is 10.5. The van der Waals surface area contributed by atoms with Gasteiger partial charge in [0.05, 0.1) is 5.56 Å². The molecular weight excluding hydrogens is 348 g/mol. The number of carbonyl (C=O) groups is 1. The van der Waals surface area contributed by atoms with Crippen molar-refractivity contribution in [2.75, 3.05) is 10.6 Å². The van der Waals surface area contributed by atoms with Gasteiger partial charge < -0.3 is 10.6 Å². The molecule has 2 aromatic carbocycles. The largest absolute Gasteiger partial charge is 0.324 e. The van der Waals surface area contributed by atoms with Gasteiger partial charge in [-0.1, -0.05) is 23.7 Å². The molecule has 26 heavy (non-hydrogen) atoms. The summed E-state index contributed by atoms with van der Waals surface area (Å²) >= 11 is 6.11. The van der Waals surface area contributed by atoms with Crippen LogP contribution in [0.3, 0.4) is 0 Å². The first-order valence-corrected chi connectivity index (χ1v) is 8.54. The van der Waals surface area contributed by atoms with Crippen LogP contribution in [-0.2, 0) is 0 Å². The molecule has 0 saturated carbocycles. The molecule has 0 aliphatic carbocycles. The van der Waals surface area contributed by atoms with Gasteiger partial charge in [0.15, 0.2) is 0 Å². The molecule has 0 aliphatic heterocycles. The number of anilines is 3. The molecule has 1 amide bonds. The highest BCUT2D eigenvalue weighted by Gasteiger charge is 2.09. The van der Waals surface area contributed by atoms with Crippen LogP contribution in [0.1, 0.15) is 27.0 Å². The van der Waals surface area contributed by atoms with Gasteiger partial charge in [-0.25, -0.2) is 9.97 Å². The van der Waals surface area contributed by atoms with E-state index in [1.165, 1.54) is 18.0 Å². The minimum Gasteiger partial charge on any atom is -0.324 e. The number of carbonyl (C=O) groups excluding carboxylic acids is 1. The Kier molecular flexibility index (Phi) is 5.19. The van der Waals surface area contributed by atoms with E-state index in [0.29, 0.717) is 16.5 Å². The van der Waals surface area contributed by atoms with Crippen molar-refractivity contribution in [3.05, 3.63) is 76.1 Å². The molecule has 0 fully saturated rings. The Labute approximate surface area is 157 Å². The highest BCUT2D eigenvalue weighted by Crippen LogP contribution is 2.24. The van der Waals surface area contributed by atoms with Crippen LogP contribution in [0.25, 0.3) is 0 Å². The number of nitrogens with one attached hydrogen (secondary N) is 2. The van der Waals surface area contributed by atoms with Gasteiger partial charge in [-0.2, -0.15) is 0 Å². The first-order chi connectivity index (χ1) is 12.4. The smallest absolute Gasteiger partial charge is 0.258 e. The summed E-state index contributed by atoms with van der Waals surface area (Å²) in [6, 6.07) is 11.4. The van der Waals surface area contributed by atoms with Crippen molar-refractivity contribution >= 4 is 34.8 Å². The Morgan fingerprint density at radius 3 is 2.42 bits per heavy atom. The lowest BCUT2D eigenvalue weighted by atomic mass is 10.1. The minimum atomic E-state index is -0.251. The van der Waals surface area contributed by atoms with Crippen LogP contribution in [0.4, 0.5) is 17.3 Å². The van der Waals surface area contributed by atoms with Crippen LogP contribution >= 0.6 is 11.6 Å². The number of hydrogen-bond acceptors (Lipinski definition) is 4. The quantitative estimate of drug-likeness (QED) is 0.678. The van der Waals surface area contributed by atoms with Crippen LogP contribution in [0.2, 0.25) is 5.02 Å². The summed E-state index contributed by atoms with van der Waals surface area (Å²) in [5, 5.41) is 6.63. The molecule has 0 spiro atoms. The number of halogens is 1. The van der Waals surface area contributed by atoms with E-state index in [0.717, 1.165) is 22.5 Å². The zero-order chi connectivity index (χ0) is 18.7. The summed E-state index contributed by atoms with van der Waals surface area (Å²) in [7, 11) is 0. The van der Waals surface area contributed by atoms with Gasteiger partial charge in [-0.3, -0.25) is 4.79 Å². The van der Waals surface area contributed by atoms with Crippen LogP contribution < -0.4 is 10.6 Å². The molecule has 1 heterocycles. The monoisotopic (exact) mass is 366 g/mol. The molecule has 0 bridgehead atoms. The molecule has 5 nitrogen and oxygen atoms in total. The Hall–Kier alpha value is -2.92.